The van der Waals surface area contributed by atoms with Gasteiger partial charge in [-0.25, -0.2) is 0 Å². The molecule has 0 aliphatic heterocycles. The van der Waals surface area contributed by atoms with Crippen LogP contribution in [0.2, 0.25) is 0 Å². The summed E-state index contributed by atoms with van der Waals surface area (Å²) >= 11 is 4.10. The molecule has 6 N–H and O–H groups in total. The molecule has 0 aromatic carbocycles. The van der Waals surface area contributed by atoms with Crippen LogP contribution < -0.4 is 22.2 Å². The Kier molecular flexibility index (Phi) is 13.1. The fourth-order valence-electron chi connectivity index (χ4n) is 1.93. The average Bonchev–Trinajstić information content (AvgIpc) is 2.46. The van der Waals surface area contributed by atoms with Crippen LogP contribution in [0.4, 0.5) is 0 Å². The van der Waals surface area contributed by atoms with Crippen LogP contribution in [0.3, 0.4) is 0 Å². The van der Waals surface area contributed by atoms with E-state index in [1.165, 1.54) is 38.5 Å². The number of nitrogens with zero attached hydrogens (tertiary/aromatic N) is 1. The summed E-state index contributed by atoms with van der Waals surface area (Å²) in [5.74, 6) is 0.107. The van der Waals surface area contributed by atoms with Crippen LogP contribution in [-0.2, 0) is 4.79 Å². The number of amides is 1. The normalized spacial score (nSPS) is 11.7. The minimum atomic E-state index is -0.510. The number of carbonyl (C=O) groups is 1. The van der Waals surface area contributed by atoms with E-state index in [1.54, 1.807) is 0 Å². The maximum absolute atomic E-state index is 11.8. The summed E-state index contributed by atoms with van der Waals surface area (Å²) in [6.45, 7) is 2.91. The highest BCUT2D eigenvalue weighted by molar-refractivity contribution is 7.80. The van der Waals surface area contributed by atoms with Gasteiger partial charge in [0.2, 0.25) is 11.9 Å². The lowest BCUT2D eigenvalue weighted by Crippen LogP contribution is -2.45. The Labute approximate surface area is 133 Å². The van der Waals surface area contributed by atoms with E-state index in [2.05, 4.69) is 35.4 Å². The molecule has 0 fully saturated rings. The second-order valence-electron chi connectivity index (χ2n) is 5.17. The first-order valence-electron chi connectivity index (χ1n) is 7.84. The van der Waals surface area contributed by atoms with Crippen LogP contribution in [0, 0.1) is 0 Å². The van der Waals surface area contributed by atoms with Gasteiger partial charge >= 0.3 is 0 Å². The van der Waals surface area contributed by atoms with Crippen LogP contribution in [0.5, 0.6) is 0 Å². The molecule has 0 saturated heterocycles. The van der Waals surface area contributed by atoms with Crippen molar-refractivity contribution in [1.29, 1.82) is 0 Å². The number of thiol groups is 1. The maximum Gasteiger partial charge on any atom is 0.245 e. The summed E-state index contributed by atoms with van der Waals surface area (Å²) in [4.78, 5) is 11.8. The molecule has 1 atom stereocenters. The molecule has 0 rings (SSSR count). The van der Waals surface area contributed by atoms with Crippen LogP contribution in [0.15, 0.2) is 5.10 Å². The average molecular weight is 318 g/mol. The second-order valence-corrected chi connectivity index (χ2v) is 5.53. The zero-order valence-corrected chi connectivity index (χ0v) is 14.0. The van der Waals surface area contributed by atoms with E-state index in [0.717, 1.165) is 12.8 Å². The molecule has 0 spiro atoms. The van der Waals surface area contributed by atoms with Crippen LogP contribution in [-0.4, -0.2) is 30.2 Å². The van der Waals surface area contributed by atoms with Gasteiger partial charge in [0, 0.05) is 12.3 Å². The van der Waals surface area contributed by atoms with Gasteiger partial charge in [-0.2, -0.15) is 12.6 Å². The van der Waals surface area contributed by atoms with E-state index in [4.69, 9.17) is 11.5 Å². The van der Waals surface area contributed by atoms with Crippen molar-refractivity contribution in [3.63, 3.8) is 0 Å². The number of carbonyl (C=O) groups excluding carboxylic acids is 1. The molecule has 0 saturated carbocycles. The predicted octanol–water partition coefficient (Wildman–Crippen LogP) is 1.32. The molecule has 7 heteroatoms. The lowest BCUT2D eigenvalue weighted by atomic mass is 10.1. The van der Waals surface area contributed by atoms with Crippen molar-refractivity contribution in [1.82, 2.24) is 10.7 Å². The van der Waals surface area contributed by atoms with Crippen LogP contribution >= 0.6 is 12.6 Å². The lowest BCUT2D eigenvalue weighted by Gasteiger charge is -2.14. The van der Waals surface area contributed by atoms with Gasteiger partial charge in [0.25, 0.3) is 0 Å². The molecule has 0 aliphatic rings. The smallest absolute Gasteiger partial charge is 0.245 e. The fourth-order valence-corrected chi connectivity index (χ4v) is 2.18. The van der Waals surface area contributed by atoms with Gasteiger partial charge in [0.15, 0.2) is 0 Å². The minimum Gasteiger partial charge on any atom is -0.369 e. The van der Waals surface area contributed by atoms with Crippen molar-refractivity contribution in [2.75, 3.05) is 12.3 Å². The third-order valence-electron chi connectivity index (χ3n) is 3.18. The highest BCUT2D eigenvalue weighted by Crippen LogP contribution is 2.07. The van der Waals surface area contributed by atoms with E-state index in [1.807, 2.05) is 0 Å². The van der Waals surface area contributed by atoms with Gasteiger partial charge in [-0.05, 0) is 6.42 Å². The number of hydrazone groups is 1. The van der Waals surface area contributed by atoms with Crippen molar-refractivity contribution in [3.05, 3.63) is 0 Å². The fraction of sp³-hybridized carbons (Fsp3) is 0.857. The van der Waals surface area contributed by atoms with Gasteiger partial charge in [-0.3, -0.25) is 10.2 Å². The molecule has 0 bridgehead atoms. The van der Waals surface area contributed by atoms with Crippen LogP contribution in [0.1, 0.15) is 58.3 Å². The Balaban J connectivity index is 3.57. The SMILES string of the molecule is CCCCCCCCCCNC(=O)[C@H](CS)NN=C(N)N. The first-order chi connectivity index (χ1) is 10.1. The van der Waals surface area contributed by atoms with E-state index in [0.29, 0.717) is 12.3 Å². The van der Waals surface area contributed by atoms with Crippen molar-refractivity contribution in [3.8, 4) is 0 Å². The standard InChI is InChI=1S/C14H31N5OS/c1-2-3-4-5-6-7-8-9-10-17-13(20)12(11-21)18-19-14(15)16/h12,18,21H,2-11H2,1H3,(H,17,20)(H4,15,16,19)/t12-/m0/s1. The number of nitrogens with two attached hydrogens (primary N) is 2. The molecule has 0 radical (unpaired) electrons. The quantitative estimate of drug-likeness (QED) is 0.116. The van der Waals surface area contributed by atoms with E-state index >= 15 is 0 Å². The molecule has 1 amide bonds. The highest BCUT2D eigenvalue weighted by Gasteiger charge is 2.14. The van der Waals surface area contributed by atoms with Gasteiger partial charge in [0.1, 0.15) is 6.04 Å². The van der Waals surface area contributed by atoms with Gasteiger partial charge in [-0.15, -0.1) is 5.10 Å². The van der Waals surface area contributed by atoms with Crippen LogP contribution in [0.25, 0.3) is 0 Å². The third kappa shape index (κ3) is 12.3. The summed E-state index contributed by atoms with van der Waals surface area (Å²) in [6.07, 6.45) is 9.97. The molecular formula is C14H31N5OS. The van der Waals surface area contributed by atoms with Crippen molar-refractivity contribution >= 4 is 24.5 Å². The number of unbranched alkanes of at least 4 members (excludes halogenated alkanes) is 7. The molecule has 124 valence electrons. The van der Waals surface area contributed by atoms with E-state index in [9.17, 15) is 4.79 Å². The third-order valence-corrected chi connectivity index (χ3v) is 3.54. The summed E-state index contributed by atoms with van der Waals surface area (Å²) in [7, 11) is 0. The number of hydrogen-bond acceptors (Lipinski definition) is 4. The van der Waals surface area contributed by atoms with E-state index in [-0.39, 0.29) is 11.9 Å². The molecule has 0 aliphatic carbocycles. The minimum absolute atomic E-state index is 0.0994. The van der Waals surface area contributed by atoms with Crippen molar-refractivity contribution in [2.24, 2.45) is 16.6 Å². The second kappa shape index (κ2) is 13.9. The highest BCUT2D eigenvalue weighted by atomic mass is 32.1. The van der Waals surface area contributed by atoms with E-state index < -0.39 is 6.04 Å². The topological polar surface area (TPSA) is 106 Å². The Hall–Kier alpha value is -1.11. The number of hydrogen-bond donors (Lipinski definition) is 5. The molecule has 0 aromatic heterocycles. The monoisotopic (exact) mass is 317 g/mol. The Morgan fingerprint density at radius 2 is 1.67 bits per heavy atom. The molecule has 0 unspecified atom stereocenters. The lowest BCUT2D eigenvalue weighted by molar-refractivity contribution is -0.122. The first-order valence-corrected chi connectivity index (χ1v) is 8.47. The Bertz CT molecular complexity index is 295. The Morgan fingerprint density at radius 3 is 2.19 bits per heavy atom. The summed E-state index contributed by atoms with van der Waals surface area (Å²) in [6, 6.07) is -0.510. The van der Waals surface area contributed by atoms with Gasteiger partial charge in [0.05, 0.1) is 0 Å². The molecular weight excluding hydrogens is 286 g/mol. The summed E-state index contributed by atoms with van der Waals surface area (Å²) in [5.41, 5.74) is 13.0. The number of rotatable bonds is 13. The Morgan fingerprint density at radius 1 is 1.10 bits per heavy atom. The predicted molar refractivity (Wildman–Crippen MR) is 92.2 cm³/mol. The zero-order chi connectivity index (χ0) is 15.9. The number of guanidine groups is 1. The maximum atomic E-state index is 11.8. The van der Waals surface area contributed by atoms with Crippen molar-refractivity contribution < 1.29 is 4.79 Å². The van der Waals surface area contributed by atoms with Crippen molar-refractivity contribution in [2.45, 2.75) is 64.3 Å². The van der Waals surface area contributed by atoms with Gasteiger partial charge in [-0.1, -0.05) is 51.9 Å². The largest absolute Gasteiger partial charge is 0.369 e. The first kappa shape index (κ1) is 19.9. The number of nitrogens with one attached hydrogen (secondary N) is 2. The van der Waals surface area contributed by atoms with Gasteiger partial charge < -0.3 is 16.8 Å². The molecule has 0 heterocycles. The molecule has 0 aromatic rings. The summed E-state index contributed by atoms with van der Waals surface area (Å²) < 4.78 is 0. The zero-order valence-electron chi connectivity index (χ0n) is 13.1. The molecule has 6 nitrogen and oxygen atoms in total. The molecule has 21 heavy (non-hydrogen) atoms. The summed E-state index contributed by atoms with van der Waals surface area (Å²) in [5, 5.41) is 6.49.